The van der Waals surface area contributed by atoms with Gasteiger partial charge < -0.3 is 30.6 Å². The minimum atomic E-state index is -1.61. The smallest absolute Gasteiger partial charge is 0.325 e. The maximum atomic E-state index is 12.0. The lowest BCUT2D eigenvalue weighted by atomic mass is 10.0. The van der Waals surface area contributed by atoms with E-state index in [-0.39, 0.29) is 35.7 Å². The highest BCUT2D eigenvalue weighted by Crippen LogP contribution is 2.31. The Morgan fingerprint density at radius 3 is 1.21 bits per heavy atom. The molecule has 0 aliphatic heterocycles. The first kappa shape index (κ1) is 26.1. The van der Waals surface area contributed by atoms with Crippen molar-refractivity contribution in [3.8, 4) is 11.5 Å². The zero-order valence-corrected chi connectivity index (χ0v) is 17.8. The fourth-order valence-electron chi connectivity index (χ4n) is 3.61. The van der Waals surface area contributed by atoms with Crippen LogP contribution in [0.1, 0.15) is 23.2 Å². The molecule has 12 nitrogen and oxygen atoms in total. The molecule has 182 valence electrons. The van der Waals surface area contributed by atoms with Crippen molar-refractivity contribution < 1.29 is 49.8 Å². The number of phenolic OH excluding ortho intramolecular Hbond substituents is 2. The predicted molar refractivity (Wildman–Crippen MR) is 115 cm³/mol. The first-order valence-electron chi connectivity index (χ1n) is 9.96. The van der Waals surface area contributed by atoms with Gasteiger partial charge in [-0.3, -0.25) is 29.0 Å². The van der Waals surface area contributed by atoms with Crippen LogP contribution in [0.15, 0.2) is 48.5 Å². The molecule has 2 aromatic carbocycles. The highest BCUT2D eigenvalue weighted by molar-refractivity contribution is 5.79. The average molecular weight is 476 g/mol. The van der Waals surface area contributed by atoms with E-state index in [9.17, 15) is 49.8 Å². The molecular formula is C22H24N2O10. The fourth-order valence-corrected chi connectivity index (χ4v) is 3.61. The molecular weight excluding hydrogens is 452 g/mol. The van der Waals surface area contributed by atoms with Crippen molar-refractivity contribution in [3.05, 3.63) is 59.7 Å². The molecule has 6 N–H and O–H groups in total. The SMILES string of the molecule is O=C(O)CN(CCN(CC(=O)O)[C@H](C(=O)O)c1ccccc1O)C(C(=O)O)c1ccccc1O. The molecule has 0 heterocycles. The van der Waals surface area contributed by atoms with E-state index in [0.717, 1.165) is 9.80 Å². The second kappa shape index (κ2) is 11.6. The molecule has 0 aliphatic rings. The number of carboxylic acid groups (broad SMARTS) is 4. The quantitative estimate of drug-likeness (QED) is 0.238. The van der Waals surface area contributed by atoms with E-state index in [1.165, 1.54) is 48.5 Å². The largest absolute Gasteiger partial charge is 0.508 e. The molecule has 0 saturated heterocycles. The summed E-state index contributed by atoms with van der Waals surface area (Å²) < 4.78 is 0. The van der Waals surface area contributed by atoms with E-state index in [2.05, 4.69) is 0 Å². The van der Waals surface area contributed by atoms with Gasteiger partial charge in [0.25, 0.3) is 0 Å². The summed E-state index contributed by atoms with van der Waals surface area (Å²) in [5, 5.41) is 58.4. The second-order valence-corrected chi connectivity index (χ2v) is 7.33. The van der Waals surface area contributed by atoms with Crippen molar-refractivity contribution in [2.45, 2.75) is 12.1 Å². The van der Waals surface area contributed by atoms with Crippen LogP contribution >= 0.6 is 0 Å². The van der Waals surface area contributed by atoms with Gasteiger partial charge in [0.15, 0.2) is 0 Å². The summed E-state index contributed by atoms with van der Waals surface area (Å²) >= 11 is 0. The lowest BCUT2D eigenvalue weighted by Crippen LogP contribution is -2.46. The number of para-hydroxylation sites is 2. The van der Waals surface area contributed by atoms with Crippen LogP contribution in [0.4, 0.5) is 0 Å². The van der Waals surface area contributed by atoms with E-state index in [1.54, 1.807) is 0 Å². The Balaban J connectivity index is 2.43. The van der Waals surface area contributed by atoms with Crippen molar-refractivity contribution in [2.75, 3.05) is 26.2 Å². The van der Waals surface area contributed by atoms with Crippen LogP contribution in [-0.2, 0) is 19.2 Å². The monoisotopic (exact) mass is 476 g/mol. The number of carbonyl (C=O) groups is 4. The molecule has 12 heteroatoms. The van der Waals surface area contributed by atoms with Gasteiger partial charge in [0.1, 0.15) is 23.6 Å². The third-order valence-electron chi connectivity index (χ3n) is 5.01. The topological polar surface area (TPSA) is 196 Å². The number of hydrogen-bond acceptors (Lipinski definition) is 8. The van der Waals surface area contributed by atoms with Gasteiger partial charge in [-0.1, -0.05) is 36.4 Å². The van der Waals surface area contributed by atoms with Gasteiger partial charge in [0.2, 0.25) is 0 Å². The Hall–Kier alpha value is -4.16. The molecule has 2 atom stereocenters. The number of rotatable bonds is 13. The molecule has 0 saturated carbocycles. The van der Waals surface area contributed by atoms with Crippen LogP contribution in [0.5, 0.6) is 11.5 Å². The Kier molecular flexibility index (Phi) is 8.93. The molecule has 0 aliphatic carbocycles. The first-order chi connectivity index (χ1) is 16.0. The summed E-state index contributed by atoms with van der Waals surface area (Å²) in [6.45, 7) is -2.36. The van der Waals surface area contributed by atoms with Crippen molar-refractivity contribution in [1.29, 1.82) is 0 Å². The number of aromatic hydroxyl groups is 2. The van der Waals surface area contributed by atoms with Crippen LogP contribution in [0.2, 0.25) is 0 Å². The molecule has 0 radical (unpaired) electrons. The van der Waals surface area contributed by atoms with Crippen molar-refractivity contribution in [1.82, 2.24) is 9.80 Å². The Labute approximate surface area is 193 Å². The molecule has 0 aromatic heterocycles. The third kappa shape index (κ3) is 6.67. The highest BCUT2D eigenvalue weighted by Gasteiger charge is 2.34. The third-order valence-corrected chi connectivity index (χ3v) is 5.01. The summed E-state index contributed by atoms with van der Waals surface area (Å²) in [7, 11) is 0. The van der Waals surface area contributed by atoms with Crippen LogP contribution in [-0.4, -0.2) is 90.5 Å². The number of aliphatic carboxylic acids is 4. The number of carboxylic acids is 4. The molecule has 0 amide bonds. The summed E-state index contributed by atoms with van der Waals surface area (Å²) in [4.78, 5) is 48.9. The van der Waals surface area contributed by atoms with E-state index >= 15 is 0 Å². The van der Waals surface area contributed by atoms with Crippen LogP contribution in [0.3, 0.4) is 0 Å². The minimum Gasteiger partial charge on any atom is -0.508 e. The standard InChI is InChI=1S/C22H24N2O10/c25-15-7-3-1-5-13(15)19(21(31)32)23(11-17(27)28)9-10-24(12-18(29)30)20(22(33)34)14-6-2-4-8-16(14)26/h1-8,19-20,25-26H,9-12H2,(H,27,28)(H,29,30)(H,31,32)(H,33,34)/t19-,20?/m0/s1. The summed E-state index contributed by atoms with van der Waals surface area (Å²) in [6.07, 6.45) is 0. The van der Waals surface area contributed by atoms with E-state index < -0.39 is 49.1 Å². The van der Waals surface area contributed by atoms with Crippen LogP contribution in [0.25, 0.3) is 0 Å². The van der Waals surface area contributed by atoms with Crippen LogP contribution in [0, 0.1) is 0 Å². The first-order valence-corrected chi connectivity index (χ1v) is 9.96. The predicted octanol–water partition coefficient (Wildman–Crippen LogP) is 0.823. The average Bonchev–Trinajstić information content (AvgIpc) is 2.73. The maximum absolute atomic E-state index is 12.0. The maximum Gasteiger partial charge on any atom is 0.325 e. The van der Waals surface area contributed by atoms with Gasteiger partial charge in [-0.15, -0.1) is 0 Å². The lowest BCUT2D eigenvalue weighted by Gasteiger charge is -2.33. The summed E-state index contributed by atoms with van der Waals surface area (Å²) in [5.41, 5.74) is -0.173. The van der Waals surface area contributed by atoms with Crippen LogP contribution < -0.4 is 0 Å². The van der Waals surface area contributed by atoms with Gasteiger partial charge in [-0.05, 0) is 12.1 Å². The summed E-state index contributed by atoms with van der Waals surface area (Å²) in [6, 6.07) is 7.68. The lowest BCUT2D eigenvalue weighted by molar-refractivity contribution is -0.150. The molecule has 34 heavy (non-hydrogen) atoms. The Morgan fingerprint density at radius 1 is 0.618 bits per heavy atom. The van der Waals surface area contributed by atoms with E-state index in [0.29, 0.717) is 0 Å². The number of hydrogen-bond donors (Lipinski definition) is 6. The van der Waals surface area contributed by atoms with Gasteiger partial charge >= 0.3 is 23.9 Å². The number of phenols is 2. The zero-order valence-electron chi connectivity index (χ0n) is 17.8. The van der Waals surface area contributed by atoms with Crippen molar-refractivity contribution >= 4 is 23.9 Å². The Morgan fingerprint density at radius 2 is 0.941 bits per heavy atom. The van der Waals surface area contributed by atoms with Crippen molar-refractivity contribution in [2.24, 2.45) is 0 Å². The number of nitrogens with zero attached hydrogens (tertiary/aromatic N) is 2. The normalized spacial score (nSPS) is 12.9. The highest BCUT2D eigenvalue weighted by atomic mass is 16.4. The van der Waals surface area contributed by atoms with Crippen molar-refractivity contribution in [3.63, 3.8) is 0 Å². The molecule has 0 spiro atoms. The van der Waals surface area contributed by atoms with Gasteiger partial charge in [0.05, 0.1) is 13.1 Å². The van der Waals surface area contributed by atoms with E-state index in [4.69, 9.17) is 0 Å². The molecule has 2 rings (SSSR count). The van der Waals surface area contributed by atoms with Gasteiger partial charge in [0, 0.05) is 24.2 Å². The molecule has 0 bridgehead atoms. The van der Waals surface area contributed by atoms with Gasteiger partial charge in [-0.2, -0.15) is 0 Å². The molecule has 2 aromatic rings. The Bertz CT molecular complexity index is 974. The number of benzene rings is 2. The van der Waals surface area contributed by atoms with E-state index in [1.807, 2.05) is 0 Å². The second-order valence-electron chi connectivity index (χ2n) is 7.33. The summed E-state index contributed by atoms with van der Waals surface area (Å²) in [5.74, 6) is -6.48. The van der Waals surface area contributed by atoms with Gasteiger partial charge in [-0.25, -0.2) is 0 Å². The fraction of sp³-hybridized carbons (Fsp3) is 0.273. The zero-order chi connectivity index (χ0) is 25.4. The molecule has 1 unspecified atom stereocenters. The minimum absolute atomic E-state index is 0.0866. The molecule has 0 fully saturated rings.